The van der Waals surface area contributed by atoms with Gasteiger partial charge in [0.1, 0.15) is 5.76 Å². The second-order valence-corrected chi connectivity index (χ2v) is 3.07. The Hall–Kier alpha value is -0.460. The van der Waals surface area contributed by atoms with Crippen LogP contribution in [-0.4, -0.2) is 6.10 Å². The van der Waals surface area contributed by atoms with Crippen molar-refractivity contribution in [2.45, 2.75) is 18.9 Å². The maximum absolute atomic E-state index is 5.24. The number of epoxide rings is 1. The summed E-state index contributed by atoms with van der Waals surface area (Å²) in [5, 5.41) is 0. The van der Waals surface area contributed by atoms with Gasteiger partial charge in [-0.25, -0.2) is 0 Å². The molecule has 3 unspecified atom stereocenters. The third kappa shape index (κ3) is 0.299. The highest BCUT2D eigenvalue weighted by molar-refractivity contribution is 5.24. The lowest BCUT2D eigenvalue weighted by atomic mass is 10.1. The maximum atomic E-state index is 5.24. The molecule has 0 aromatic carbocycles. The average molecular weight is 108 g/mol. The van der Waals surface area contributed by atoms with Gasteiger partial charge in [-0.1, -0.05) is 0 Å². The van der Waals surface area contributed by atoms with Crippen molar-refractivity contribution in [3.05, 3.63) is 11.8 Å². The van der Waals surface area contributed by atoms with E-state index in [-0.39, 0.29) is 0 Å². The molecule has 0 N–H and O–H groups in total. The van der Waals surface area contributed by atoms with Gasteiger partial charge < -0.3 is 4.74 Å². The van der Waals surface area contributed by atoms with E-state index in [0.717, 1.165) is 11.8 Å². The van der Waals surface area contributed by atoms with Gasteiger partial charge in [-0.15, -0.1) is 0 Å². The smallest absolute Gasteiger partial charge is 0.155 e. The molecule has 8 heavy (non-hydrogen) atoms. The standard InChI is InChI=1S/C7H8O/c1-4-2-6-7(8-6)3-5(1)4/h2,4-5,7H,1,3H2. The van der Waals surface area contributed by atoms with E-state index in [9.17, 15) is 0 Å². The average Bonchev–Trinajstić information content (AvgIpc) is 2.45. The van der Waals surface area contributed by atoms with Gasteiger partial charge in [-0.2, -0.15) is 0 Å². The molecule has 1 heteroatoms. The molecule has 3 aliphatic rings. The number of hydrogen-bond acceptors (Lipinski definition) is 1. The molecular formula is C7H8O. The quantitative estimate of drug-likeness (QED) is 0.426. The Morgan fingerprint density at radius 3 is 3.38 bits per heavy atom. The molecule has 0 bridgehead atoms. The fourth-order valence-corrected chi connectivity index (χ4v) is 1.67. The summed E-state index contributed by atoms with van der Waals surface area (Å²) < 4.78 is 5.24. The van der Waals surface area contributed by atoms with E-state index < -0.39 is 0 Å². The Kier molecular flexibility index (Phi) is 0.368. The van der Waals surface area contributed by atoms with Gasteiger partial charge in [0, 0.05) is 0 Å². The highest BCUT2D eigenvalue weighted by Crippen LogP contribution is 2.54. The van der Waals surface area contributed by atoms with Crippen molar-refractivity contribution in [2.24, 2.45) is 11.8 Å². The number of fused-ring (bicyclic) bond motifs is 2. The van der Waals surface area contributed by atoms with E-state index >= 15 is 0 Å². The molecule has 1 aliphatic heterocycles. The van der Waals surface area contributed by atoms with Crippen molar-refractivity contribution in [2.75, 3.05) is 0 Å². The van der Waals surface area contributed by atoms with Crippen molar-refractivity contribution in [3.8, 4) is 0 Å². The van der Waals surface area contributed by atoms with E-state index in [1.54, 1.807) is 0 Å². The van der Waals surface area contributed by atoms with Crippen LogP contribution >= 0.6 is 0 Å². The molecule has 1 saturated heterocycles. The van der Waals surface area contributed by atoms with Crippen LogP contribution in [0.15, 0.2) is 11.8 Å². The van der Waals surface area contributed by atoms with Gasteiger partial charge in [-0.3, -0.25) is 0 Å². The zero-order valence-electron chi connectivity index (χ0n) is 4.63. The first-order valence-electron chi connectivity index (χ1n) is 3.32. The summed E-state index contributed by atoms with van der Waals surface area (Å²) in [6, 6.07) is 0. The number of ether oxygens (including phenoxy) is 1. The zero-order chi connectivity index (χ0) is 5.14. The first kappa shape index (κ1) is 3.54. The minimum absolute atomic E-state index is 0.582. The van der Waals surface area contributed by atoms with Crippen LogP contribution in [-0.2, 0) is 4.74 Å². The van der Waals surface area contributed by atoms with E-state index in [2.05, 4.69) is 6.08 Å². The summed E-state index contributed by atoms with van der Waals surface area (Å²) in [5.74, 6) is 3.25. The second-order valence-electron chi connectivity index (χ2n) is 3.07. The lowest BCUT2D eigenvalue weighted by molar-refractivity contribution is 0.404. The van der Waals surface area contributed by atoms with E-state index in [1.807, 2.05) is 0 Å². The Balaban J connectivity index is 2.04. The van der Waals surface area contributed by atoms with Crippen molar-refractivity contribution in [3.63, 3.8) is 0 Å². The van der Waals surface area contributed by atoms with Gasteiger partial charge in [0.2, 0.25) is 0 Å². The minimum atomic E-state index is 0.582. The van der Waals surface area contributed by atoms with Gasteiger partial charge in [-0.05, 0) is 30.8 Å². The van der Waals surface area contributed by atoms with Gasteiger partial charge in [0.15, 0.2) is 6.10 Å². The normalized spacial score (nSPS) is 55.0. The zero-order valence-corrected chi connectivity index (χ0v) is 4.63. The Morgan fingerprint density at radius 1 is 1.50 bits per heavy atom. The van der Waals surface area contributed by atoms with Crippen molar-refractivity contribution in [1.29, 1.82) is 0 Å². The molecule has 0 aromatic heterocycles. The molecule has 1 heterocycles. The number of allylic oxidation sites excluding steroid dienone is 1. The van der Waals surface area contributed by atoms with Crippen LogP contribution in [0.3, 0.4) is 0 Å². The molecule has 1 nitrogen and oxygen atoms in total. The first-order valence-corrected chi connectivity index (χ1v) is 3.32. The number of rotatable bonds is 0. The molecular weight excluding hydrogens is 100 g/mol. The summed E-state index contributed by atoms with van der Waals surface area (Å²) in [6.45, 7) is 0. The summed E-state index contributed by atoms with van der Waals surface area (Å²) in [6.07, 6.45) is 5.68. The molecule has 42 valence electrons. The third-order valence-corrected chi connectivity index (χ3v) is 2.41. The largest absolute Gasteiger partial charge is 0.483 e. The molecule has 0 amide bonds. The summed E-state index contributed by atoms with van der Waals surface area (Å²) in [7, 11) is 0. The lowest BCUT2D eigenvalue weighted by Crippen LogP contribution is -1.91. The fraction of sp³-hybridized carbons (Fsp3) is 0.714. The highest BCUT2D eigenvalue weighted by atomic mass is 16.6. The van der Waals surface area contributed by atoms with Gasteiger partial charge in [0.05, 0.1) is 0 Å². The SMILES string of the molecule is C1=C2OC2CC2CC12. The molecule has 0 spiro atoms. The van der Waals surface area contributed by atoms with E-state index in [1.165, 1.54) is 18.6 Å². The monoisotopic (exact) mass is 108 g/mol. The molecule has 0 aromatic rings. The van der Waals surface area contributed by atoms with Crippen LogP contribution in [0.2, 0.25) is 0 Å². The first-order chi connectivity index (χ1) is 3.93. The van der Waals surface area contributed by atoms with Crippen LogP contribution in [0.5, 0.6) is 0 Å². The molecule has 0 radical (unpaired) electrons. The lowest BCUT2D eigenvalue weighted by Gasteiger charge is -1.90. The van der Waals surface area contributed by atoms with Crippen LogP contribution in [0, 0.1) is 11.8 Å². The van der Waals surface area contributed by atoms with Crippen molar-refractivity contribution in [1.82, 2.24) is 0 Å². The third-order valence-electron chi connectivity index (χ3n) is 2.41. The van der Waals surface area contributed by atoms with Crippen molar-refractivity contribution < 1.29 is 4.74 Å². The van der Waals surface area contributed by atoms with E-state index in [4.69, 9.17) is 4.74 Å². The van der Waals surface area contributed by atoms with Crippen molar-refractivity contribution >= 4 is 0 Å². The van der Waals surface area contributed by atoms with Crippen LogP contribution < -0.4 is 0 Å². The predicted octanol–water partition coefficient (Wildman–Crippen LogP) is 1.31. The van der Waals surface area contributed by atoms with Crippen LogP contribution in [0.4, 0.5) is 0 Å². The van der Waals surface area contributed by atoms with Gasteiger partial charge >= 0.3 is 0 Å². The van der Waals surface area contributed by atoms with E-state index in [0.29, 0.717) is 6.10 Å². The number of hydrogen-bond donors (Lipinski definition) is 0. The highest BCUT2D eigenvalue weighted by Gasteiger charge is 2.49. The Morgan fingerprint density at radius 2 is 2.50 bits per heavy atom. The van der Waals surface area contributed by atoms with Crippen LogP contribution in [0.25, 0.3) is 0 Å². The van der Waals surface area contributed by atoms with Gasteiger partial charge in [0.25, 0.3) is 0 Å². The fourth-order valence-electron chi connectivity index (χ4n) is 1.67. The Bertz CT molecular complexity index is 171. The Labute approximate surface area is 48.3 Å². The minimum Gasteiger partial charge on any atom is -0.483 e. The summed E-state index contributed by atoms with van der Waals surface area (Å²) in [5.41, 5.74) is 0. The van der Waals surface area contributed by atoms with Crippen LogP contribution in [0.1, 0.15) is 12.8 Å². The molecule has 2 aliphatic carbocycles. The molecule has 1 saturated carbocycles. The molecule has 3 atom stereocenters. The summed E-state index contributed by atoms with van der Waals surface area (Å²) in [4.78, 5) is 0. The summed E-state index contributed by atoms with van der Waals surface area (Å²) >= 11 is 0. The molecule has 3 rings (SSSR count). The predicted molar refractivity (Wildman–Crippen MR) is 29.2 cm³/mol. The molecule has 2 fully saturated rings. The second kappa shape index (κ2) is 0.831. The topological polar surface area (TPSA) is 12.5 Å². The maximum Gasteiger partial charge on any atom is 0.155 e.